The van der Waals surface area contributed by atoms with Crippen LogP contribution in [0.25, 0.3) is 0 Å². The van der Waals surface area contributed by atoms with Crippen molar-refractivity contribution in [2.45, 2.75) is 37.6 Å². The van der Waals surface area contributed by atoms with Gasteiger partial charge in [-0.2, -0.15) is 0 Å². The lowest BCUT2D eigenvalue weighted by molar-refractivity contribution is 0.271. The van der Waals surface area contributed by atoms with Crippen molar-refractivity contribution in [3.05, 3.63) is 58.3 Å². The fraction of sp³-hybridized carbons (Fsp3) is 0.474. The van der Waals surface area contributed by atoms with Gasteiger partial charge in [0.05, 0.1) is 0 Å². The van der Waals surface area contributed by atoms with E-state index in [2.05, 4.69) is 54.0 Å². The highest BCUT2D eigenvalue weighted by Gasteiger charge is 2.42. The molecule has 4 atom stereocenters. The zero-order chi connectivity index (χ0) is 15.4. The lowest BCUT2D eigenvalue weighted by atomic mass is 9.95. The Labute approximate surface area is 137 Å². The number of hydrogen-bond acceptors (Lipinski definition) is 3. The number of thiophene rings is 1. The van der Waals surface area contributed by atoms with Crippen molar-refractivity contribution < 1.29 is 5.11 Å². The molecule has 3 rings (SSSR count). The molecule has 1 fully saturated rings. The van der Waals surface area contributed by atoms with Crippen LogP contribution in [-0.4, -0.2) is 24.3 Å². The summed E-state index contributed by atoms with van der Waals surface area (Å²) in [7, 11) is 0. The highest BCUT2D eigenvalue weighted by molar-refractivity contribution is 7.10. The second-order valence-electron chi connectivity index (χ2n) is 6.34. The van der Waals surface area contributed by atoms with E-state index in [1.165, 1.54) is 16.9 Å². The van der Waals surface area contributed by atoms with E-state index in [1.807, 2.05) is 17.4 Å². The molecule has 1 aromatic heterocycles. The Kier molecular flexibility index (Phi) is 5.29. The first-order valence-corrected chi connectivity index (χ1v) is 9.10. The molecular weight excluding hydrogens is 290 g/mol. The van der Waals surface area contributed by atoms with E-state index in [4.69, 9.17) is 0 Å². The predicted octanol–water partition coefficient (Wildman–Crippen LogP) is 4.00. The molecule has 0 aliphatic heterocycles. The summed E-state index contributed by atoms with van der Waals surface area (Å²) in [6.45, 7) is 3.50. The van der Waals surface area contributed by atoms with Gasteiger partial charge >= 0.3 is 0 Å². The van der Waals surface area contributed by atoms with Gasteiger partial charge in [0, 0.05) is 24.1 Å². The lowest BCUT2D eigenvalue weighted by Crippen LogP contribution is -2.32. The minimum absolute atomic E-state index is 0.247. The van der Waals surface area contributed by atoms with Crippen LogP contribution >= 0.6 is 11.3 Å². The van der Waals surface area contributed by atoms with Crippen LogP contribution in [0.1, 0.15) is 42.0 Å². The second kappa shape index (κ2) is 7.40. The molecule has 1 aliphatic carbocycles. The second-order valence-corrected chi connectivity index (χ2v) is 7.32. The number of nitrogens with one attached hydrogen (secondary N) is 1. The van der Waals surface area contributed by atoms with Gasteiger partial charge in [0.2, 0.25) is 0 Å². The Bertz CT molecular complexity index is 554. The minimum atomic E-state index is 0.247. The van der Waals surface area contributed by atoms with Crippen LogP contribution in [0, 0.1) is 5.92 Å². The monoisotopic (exact) mass is 315 g/mol. The number of aliphatic hydroxyl groups is 1. The molecule has 3 heteroatoms. The Hall–Kier alpha value is -1.16. The normalized spacial score (nSPS) is 23.2. The first-order chi connectivity index (χ1) is 10.8. The van der Waals surface area contributed by atoms with Crippen LogP contribution in [0.15, 0.2) is 47.8 Å². The van der Waals surface area contributed by atoms with Gasteiger partial charge in [-0.3, -0.25) is 0 Å². The zero-order valence-electron chi connectivity index (χ0n) is 13.1. The van der Waals surface area contributed by atoms with Crippen molar-refractivity contribution in [1.82, 2.24) is 5.32 Å². The van der Waals surface area contributed by atoms with Crippen molar-refractivity contribution in [2.24, 2.45) is 5.92 Å². The number of benzene rings is 1. The standard InChI is InChI=1S/C19H25NOS/c1-14(17-12-18(17)19-8-5-11-22-19)20-13-16(9-10-21)15-6-3-2-4-7-15/h2-8,11,14,16-18,20-21H,9-10,12-13H2,1H3/t14?,16?,17-,18+/m0/s1. The van der Waals surface area contributed by atoms with E-state index >= 15 is 0 Å². The third kappa shape index (κ3) is 3.78. The summed E-state index contributed by atoms with van der Waals surface area (Å²) in [5, 5.41) is 15.2. The quantitative estimate of drug-likeness (QED) is 0.772. The van der Waals surface area contributed by atoms with Gasteiger partial charge < -0.3 is 10.4 Å². The van der Waals surface area contributed by atoms with Gasteiger partial charge in [0.25, 0.3) is 0 Å². The molecule has 0 saturated heterocycles. The summed E-state index contributed by atoms with van der Waals surface area (Å²) in [6.07, 6.45) is 2.13. The molecule has 2 aromatic rings. The largest absolute Gasteiger partial charge is 0.396 e. The molecule has 1 aliphatic rings. The van der Waals surface area contributed by atoms with Crippen LogP contribution in [-0.2, 0) is 0 Å². The van der Waals surface area contributed by atoms with E-state index in [-0.39, 0.29) is 6.61 Å². The van der Waals surface area contributed by atoms with Crippen molar-refractivity contribution in [3.8, 4) is 0 Å². The maximum Gasteiger partial charge on any atom is 0.0437 e. The average Bonchev–Trinajstić information content (AvgIpc) is 3.17. The van der Waals surface area contributed by atoms with Crippen LogP contribution in [0.2, 0.25) is 0 Å². The number of aliphatic hydroxyl groups excluding tert-OH is 1. The highest BCUT2D eigenvalue weighted by atomic mass is 32.1. The lowest BCUT2D eigenvalue weighted by Gasteiger charge is -2.21. The Balaban J connectivity index is 1.52. The summed E-state index contributed by atoms with van der Waals surface area (Å²) in [5.41, 5.74) is 1.32. The maximum absolute atomic E-state index is 9.33. The van der Waals surface area contributed by atoms with Gasteiger partial charge in [-0.25, -0.2) is 0 Å². The molecule has 2 unspecified atom stereocenters. The van der Waals surface area contributed by atoms with E-state index in [0.717, 1.165) is 24.8 Å². The van der Waals surface area contributed by atoms with Crippen LogP contribution < -0.4 is 5.32 Å². The molecule has 0 bridgehead atoms. The van der Waals surface area contributed by atoms with Crippen LogP contribution in [0.4, 0.5) is 0 Å². The van der Waals surface area contributed by atoms with Crippen LogP contribution in [0.3, 0.4) is 0 Å². The number of rotatable bonds is 8. The fourth-order valence-corrected chi connectivity index (χ4v) is 4.26. The number of hydrogen-bond donors (Lipinski definition) is 2. The van der Waals surface area contributed by atoms with Crippen molar-refractivity contribution >= 4 is 11.3 Å². The van der Waals surface area contributed by atoms with E-state index < -0.39 is 0 Å². The zero-order valence-corrected chi connectivity index (χ0v) is 13.9. The molecular formula is C19H25NOS. The Morgan fingerprint density at radius 1 is 1.23 bits per heavy atom. The topological polar surface area (TPSA) is 32.3 Å². The highest BCUT2D eigenvalue weighted by Crippen LogP contribution is 2.50. The molecule has 2 N–H and O–H groups in total. The van der Waals surface area contributed by atoms with Gasteiger partial charge in [0.15, 0.2) is 0 Å². The van der Waals surface area contributed by atoms with E-state index in [0.29, 0.717) is 12.0 Å². The average molecular weight is 315 g/mol. The molecule has 0 spiro atoms. The first-order valence-electron chi connectivity index (χ1n) is 8.22. The van der Waals surface area contributed by atoms with Crippen molar-refractivity contribution in [2.75, 3.05) is 13.2 Å². The molecule has 0 amide bonds. The van der Waals surface area contributed by atoms with Crippen LogP contribution in [0.5, 0.6) is 0 Å². The summed E-state index contributed by atoms with van der Waals surface area (Å²) in [6, 6.07) is 15.5. The Morgan fingerprint density at radius 2 is 2.05 bits per heavy atom. The minimum Gasteiger partial charge on any atom is -0.396 e. The first kappa shape index (κ1) is 15.7. The van der Waals surface area contributed by atoms with E-state index in [9.17, 15) is 5.11 Å². The van der Waals surface area contributed by atoms with Gasteiger partial charge in [0.1, 0.15) is 0 Å². The van der Waals surface area contributed by atoms with E-state index in [1.54, 1.807) is 0 Å². The summed E-state index contributed by atoms with van der Waals surface area (Å²) in [5.74, 6) is 1.92. The molecule has 2 nitrogen and oxygen atoms in total. The molecule has 0 radical (unpaired) electrons. The molecule has 1 aromatic carbocycles. The summed E-state index contributed by atoms with van der Waals surface area (Å²) < 4.78 is 0. The molecule has 118 valence electrons. The smallest absolute Gasteiger partial charge is 0.0437 e. The fourth-order valence-electron chi connectivity index (χ4n) is 3.34. The van der Waals surface area contributed by atoms with Crippen molar-refractivity contribution in [1.29, 1.82) is 0 Å². The van der Waals surface area contributed by atoms with Crippen molar-refractivity contribution in [3.63, 3.8) is 0 Å². The summed E-state index contributed by atoms with van der Waals surface area (Å²) in [4.78, 5) is 1.54. The molecule has 1 heterocycles. The third-order valence-corrected chi connectivity index (χ3v) is 5.83. The van der Waals surface area contributed by atoms with Gasteiger partial charge in [-0.05, 0) is 54.5 Å². The summed E-state index contributed by atoms with van der Waals surface area (Å²) >= 11 is 1.88. The molecule has 22 heavy (non-hydrogen) atoms. The maximum atomic E-state index is 9.33. The van der Waals surface area contributed by atoms with Gasteiger partial charge in [-0.1, -0.05) is 36.4 Å². The Morgan fingerprint density at radius 3 is 2.73 bits per heavy atom. The SMILES string of the molecule is CC(NCC(CCO)c1ccccc1)[C@@H]1C[C@H]1c1cccs1. The van der Waals surface area contributed by atoms with Gasteiger partial charge in [-0.15, -0.1) is 11.3 Å². The predicted molar refractivity (Wildman–Crippen MR) is 93.5 cm³/mol. The molecule has 1 saturated carbocycles. The third-order valence-electron chi connectivity index (χ3n) is 4.83.